The monoisotopic (exact) mass is 806 g/mol. The molecule has 9 rings (SSSR count). The SMILES string of the molecule is Cc1cc(C2(c3ccc(Oc4ccc(C(=O)c5cccc(Cl)c5)cc4)c(C)c3)c3ccccc3-c3ccccc32)ccc1Oc1ccc(C(=O)c2cccc(Cl)c2)cc1. The summed E-state index contributed by atoms with van der Waals surface area (Å²) in [6.45, 7) is 4.12. The number of ketones is 2. The first-order chi connectivity index (χ1) is 28.7. The van der Waals surface area contributed by atoms with Crippen LogP contribution >= 0.6 is 23.2 Å². The van der Waals surface area contributed by atoms with Gasteiger partial charge in [-0.3, -0.25) is 9.59 Å². The van der Waals surface area contributed by atoms with E-state index in [0.29, 0.717) is 43.8 Å². The van der Waals surface area contributed by atoms with E-state index in [0.717, 1.165) is 33.8 Å². The average Bonchev–Trinajstić information content (AvgIpc) is 3.56. The molecular weight excluding hydrogens is 771 g/mol. The molecule has 0 radical (unpaired) electrons. The van der Waals surface area contributed by atoms with Gasteiger partial charge in [0.1, 0.15) is 23.0 Å². The molecule has 8 aromatic carbocycles. The molecule has 6 heteroatoms. The predicted octanol–water partition coefficient (Wildman–Crippen LogP) is 14.0. The van der Waals surface area contributed by atoms with Gasteiger partial charge in [-0.1, -0.05) is 120 Å². The fraction of sp³-hybridized carbons (Fsp3) is 0.0566. The molecule has 0 bridgehead atoms. The van der Waals surface area contributed by atoms with Gasteiger partial charge in [-0.15, -0.1) is 0 Å². The number of carbonyl (C=O) groups excluding carboxylic acids is 2. The van der Waals surface area contributed by atoms with Gasteiger partial charge >= 0.3 is 0 Å². The van der Waals surface area contributed by atoms with Crippen LogP contribution < -0.4 is 9.47 Å². The van der Waals surface area contributed by atoms with E-state index in [-0.39, 0.29) is 11.6 Å². The van der Waals surface area contributed by atoms with E-state index in [9.17, 15) is 9.59 Å². The van der Waals surface area contributed by atoms with E-state index in [4.69, 9.17) is 32.7 Å². The van der Waals surface area contributed by atoms with Crippen molar-refractivity contribution in [2.75, 3.05) is 0 Å². The molecule has 0 atom stereocenters. The van der Waals surface area contributed by atoms with Crippen LogP contribution in [0.1, 0.15) is 65.2 Å². The molecule has 0 heterocycles. The van der Waals surface area contributed by atoms with E-state index < -0.39 is 5.41 Å². The first kappa shape index (κ1) is 37.8. The van der Waals surface area contributed by atoms with Crippen molar-refractivity contribution in [1.29, 1.82) is 0 Å². The van der Waals surface area contributed by atoms with E-state index in [1.54, 1.807) is 72.8 Å². The summed E-state index contributed by atoms with van der Waals surface area (Å²) in [5.74, 6) is 2.49. The molecule has 59 heavy (non-hydrogen) atoms. The van der Waals surface area contributed by atoms with Gasteiger partial charge in [0, 0.05) is 32.3 Å². The second-order valence-corrected chi connectivity index (χ2v) is 15.6. The molecule has 1 aliphatic carbocycles. The third-order valence-electron chi connectivity index (χ3n) is 11.0. The molecular formula is C53H36Cl2O4. The van der Waals surface area contributed by atoms with Crippen LogP contribution in [0.15, 0.2) is 182 Å². The quantitative estimate of drug-likeness (QED) is 0.129. The highest BCUT2D eigenvalue weighted by molar-refractivity contribution is 6.31. The van der Waals surface area contributed by atoms with Crippen molar-refractivity contribution in [3.63, 3.8) is 0 Å². The molecule has 0 saturated carbocycles. The van der Waals surface area contributed by atoms with Crippen LogP contribution in [-0.2, 0) is 5.41 Å². The number of aryl methyl sites for hydroxylation is 2. The molecule has 8 aromatic rings. The number of halogens is 2. The summed E-state index contributed by atoms with van der Waals surface area (Å²) in [5, 5.41) is 1.04. The Morgan fingerprint density at radius 3 is 1.22 bits per heavy atom. The second kappa shape index (κ2) is 15.6. The van der Waals surface area contributed by atoms with Gasteiger partial charge in [-0.05, 0) is 143 Å². The minimum Gasteiger partial charge on any atom is -0.457 e. The zero-order valence-electron chi connectivity index (χ0n) is 32.2. The Morgan fingerprint density at radius 1 is 0.424 bits per heavy atom. The summed E-state index contributed by atoms with van der Waals surface area (Å²) < 4.78 is 12.9. The van der Waals surface area contributed by atoms with Crippen LogP contribution in [0.4, 0.5) is 0 Å². The Labute approximate surface area is 353 Å². The molecule has 0 N–H and O–H groups in total. The zero-order chi connectivity index (χ0) is 40.7. The zero-order valence-corrected chi connectivity index (χ0v) is 33.7. The van der Waals surface area contributed by atoms with Crippen LogP contribution in [0.2, 0.25) is 10.0 Å². The van der Waals surface area contributed by atoms with Crippen molar-refractivity contribution in [1.82, 2.24) is 0 Å². The molecule has 1 aliphatic rings. The summed E-state index contributed by atoms with van der Waals surface area (Å²) in [5.41, 5.74) is 10.5. The number of carbonyl (C=O) groups is 2. The molecule has 0 saturated heterocycles. The third kappa shape index (κ3) is 7.01. The van der Waals surface area contributed by atoms with E-state index in [2.05, 4.69) is 86.6 Å². The number of benzene rings is 8. The van der Waals surface area contributed by atoms with Crippen molar-refractivity contribution in [3.05, 3.63) is 248 Å². The first-order valence-electron chi connectivity index (χ1n) is 19.3. The second-order valence-electron chi connectivity index (χ2n) is 14.7. The van der Waals surface area contributed by atoms with Crippen LogP contribution in [-0.4, -0.2) is 11.6 Å². The minimum atomic E-state index is -0.634. The van der Waals surface area contributed by atoms with E-state index in [1.807, 2.05) is 36.4 Å². The first-order valence-corrected chi connectivity index (χ1v) is 20.0. The Bertz CT molecular complexity index is 2710. The van der Waals surface area contributed by atoms with Gasteiger partial charge in [0.25, 0.3) is 0 Å². The Balaban J connectivity index is 1.04. The lowest BCUT2D eigenvalue weighted by Crippen LogP contribution is -2.28. The van der Waals surface area contributed by atoms with Crippen molar-refractivity contribution in [2.24, 2.45) is 0 Å². The van der Waals surface area contributed by atoms with Crippen LogP contribution in [0.3, 0.4) is 0 Å². The molecule has 286 valence electrons. The highest BCUT2D eigenvalue weighted by Gasteiger charge is 2.46. The average molecular weight is 808 g/mol. The lowest BCUT2D eigenvalue weighted by Gasteiger charge is -2.34. The van der Waals surface area contributed by atoms with Gasteiger partial charge in [0.05, 0.1) is 5.41 Å². The largest absolute Gasteiger partial charge is 0.457 e. The number of fused-ring (bicyclic) bond motifs is 3. The summed E-state index contributed by atoms with van der Waals surface area (Å²) in [6, 6.07) is 58.4. The van der Waals surface area contributed by atoms with Crippen molar-refractivity contribution < 1.29 is 19.1 Å². The predicted molar refractivity (Wildman–Crippen MR) is 236 cm³/mol. The van der Waals surface area contributed by atoms with Crippen LogP contribution in [0.5, 0.6) is 23.0 Å². The van der Waals surface area contributed by atoms with E-state index in [1.165, 1.54) is 22.3 Å². The molecule has 0 spiro atoms. The van der Waals surface area contributed by atoms with Crippen molar-refractivity contribution in [2.45, 2.75) is 19.3 Å². The maximum absolute atomic E-state index is 13.1. The molecule has 0 unspecified atom stereocenters. The molecule has 0 aliphatic heterocycles. The maximum atomic E-state index is 13.1. The summed E-state index contributed by atoms with van der Waals surface area (Å²) in [6.07, 6.45) is 0. The standard InChI is InChI=1S/C53H36Cl2O4/c1-33-29-39(21-27-49(33)58-43-23-17-35(18-24-43)51(56)37-9-7-11-41(54)31-37)53(47-15-5-3-13-45(47)46-14-4-6-16-48(46)53)40-22-28-50(34(2)30-40)59-44-25-19-36(20-26-44)52(57)38-10-8-12-42(55)32-38/h3-32H,1-2H3. The van der Waals surface area contributed by atoms with Gasteiger partial charge in [0.15, 0.2) is 11.6 Å². The van der Waals surface area contributed by atoms with Crippen LogP contribution in [0, 0.1) is 13.8 Å². The normalized spacial score (nSPS) is 12.3. The van der Waals surface area contributed by atoms with E-state index >= 15 is 0 Å². The number of hydrogen-bond donors (Lipinski definition) is 0. The number of hydrogen-bond acceptors (Lipinski definition) is 4. The molecule has 0 fully saturated rings. The van der Waals surface area contributed by atoms with Crippen molar-refractivity contribution in [3.8, 4) is 34.1 Å². The van der Waals surface area contributed by atoms with Gasteiger partial charge < -0.3 is 9.47 Å². The molecule has 4 nitrogen and oxygen atoms in total. The Hall–Kier alpha value is -6.72. The lowest BCUT2D eigenvalue weighted by molar-refractivity contribution is 0.103. The van der Waals surface area contributed by atoms with Crippen molar-refractivity contribution >= 4 is 34.8 Å². The summed E-state index contributed by atoms with van der Waals surface area (Å²) in [4.78, 5) is 26.2. The summed E-state index contributed by atoms with van der Waals surface area (Å²) in [7, 11) is 0. The Kier molecular flexibility index (Phi) is 9.98. The number of ether oxygens (including phenoxy) is 2. The number of rotatable bonds is 10. The molecule has 0 amide bonds. The fourth-order valence-corrected chi connectivity index (χ4v) is 8.59. The lowest BCUT2D eigenvalue weighted by atomic mass is 9.67. The Morgan fingerprint density at radius 2 is 0.831 bits per heavy atom. The molecule has 0 aromatic heterocycles. The van der Waals surface area contributed by atoms with Gasteiger partial charge in [-0.25, -0.2) is 0 Å². The smallest absolute Gasteiger partial charge is 0.193 e. The highest BCUT2D eigenvalue weighted by atomic mass is 35.5. The maximum Gasteiger partial charge on any atom is 0.193 e. The topological polar surface area (TPSA) is 52.6 Å². The third-order valence-corrected chi connectivity index (χ3v) is 11.5. The van der Waals surface area contributed by atoms with Crippen LogP contribution in [0.25, 0.3) is 11.1 Å². The fourth-order valence-electron chi connectivity index (χ4n) is 8.21. The van der Waals surface area contributed by atoms with Gasteiger partial charge in [0.2, 0.25) is 0 Å². The van der Waals surface area contributed by atoms with Gasteiger partial charge in [-0.2, -0.15) is 0 Å². The summed E-state index contributed by atoms with van der Waals surface area (Å²) >= 11 is 12.3. The minimum absolute atomic E-state index is 0.103. The highest BCUT2D eigenvalue weighted by Crippen LogP contribution is 2.56.